The molecule has 2 nitrogen and oxygen atoms in total. The molecule has 1 N–H and O–H groups in total. The van der Waals surface area contributed by atoms with Crippen LogP contribution in [0.1, 0.15) is 19.4 Å². The van der Waals surface area contributed by atoms with Crippen LogP contribution >= 0.6 is 0 Å². The van der Waals surface area contributed by atoms with Gasteiger partial charge in [-0.1, -0.05) is 19.9 Å². The predicted octanol–water partition coefficient (Wildman–Crippen LogP) is 2.38. The summed E-state index contributed by atoms with van der Waals surface area (Å²) >= 11 is 0. The molecule has 13 heavy (non-hydrogen) atoms. The highest BCUT2D eigenvalue weighted by molar-refractivity contribution is 5.09. The Morgan fingerprint density at radius 2 is 2.00 bits per heavy atom. The first-order valence-corrected chi connectivity index (χ1v) is 4.64. The van der Waals surface area contributed by atoms with E-state index in [4.69, 9.17) is 0 Å². The summed E-state index contributed by atoms with van der Waals surface area (Å²) in [4.78, 5) is 3.93. The van der Waals surface area contributed by atoms with Crippen molar-refractivity contribution < 1.29 is 0 Å². The Morgan fingerprint density at radius 1 is 1.38 bits per heavy atom. The third-order valence-electron chi connectivity index (χ3n) is 1.37. The van der Waals surface area contributed by atoms with Crippen molar-refractivity contribution in [3.05, 3.63) is 42.7 Å². The molecule has 0 aliphatic heterocycles. The van der Waals surface area contributed by atoms with Crippen molar-refractivity contribution in [1.29, 1.82) is 0 Å². The third kappa shape index (κ3) is 6.05. The van der Waals surface area contributed by atoms with Gasteiger partial charge in [-0.2, -0.15) is 0 Å². The first-order chi connectivity index (χ1) is 6.43. The summed E-state index contributed by atoms with van der Waals surface area (Å²) in [5, 5.41) is 3.21. The smallest absolute Gasteiger partial charge is 0.0271 e. The quantitative estimate of drug-likeness (QED) is 0.565. The van der Waals surface area contributed by atoms with Crippen LogP contribution in [0.2, 0.25) is 0 Å². The molecule has 0 aliphatic rings. The van der Waals surface area contributed by atoms with Gasteiger partial charge in [0.2, 0.25) is 0 Å². The molecule has 0 amide bonds. The molecule has 72 valence electrons. The fourth-order valence-electron chi connectivity index (χ4n) is 0.819. The van der Waals surface area contributed by atoms with Crippen molar-refractivity contribution in [3.8, 4) is 0 Å². The van der Waals surface area contributed by atoms with Gasteiger partial charge in [0.05, 0.1) is 0 Å². The van der Waals surface area contributed by atoms with Gasteiger partial charge in [0.25, 0.3) is 0 Å². The second-order valence-electron chi connectivity index (χ2n) is 2.28. The van der Waals surface area contributed by atoms with E-state index in [2.05, 4.69) is 16.9 Å². The lowest BCUT2D eigenvalue weighted by molar-refractivity contribution is 0.759. The molecule has 1 heterocycles. The fraction of sp³-hybridized carbons (Fsp3) is 0.364. The average Bonchev–Trinajstić information content (AvgIpc) is 2.23. The minimum atomic E-state index is 0.850. The zero-order valence-corrected chi connectivity index (χ0v) is 8.46. The highest BCUT2D eigenvalue weighted by atomic mass is 14.8. The largest absolute Gasteiger partial charge is 0.309 e. The van der Waals surface area contributed by atoms with Gasteiger partial charge < -0.3 is 5.32 Å². The second kappa shape index (κ2) is 8.94. The lowest BCUT2D eigenvalue weighted by atomic mass is 10.3. The van der Waals surface area contributed by atoms with Crippen LogP contribution in [-0.2, 0) is 6.54 Å². The highest BCUT2D eigenvalue weighted by Gasteiger charge is 1.87. The summed E-state index contributed by atoms with van der Waals surface area (Å²) in [7, 11) is 0. The Labute approximate surface area is 80.7 Å². The van der Waals surface area contributed by atoms with Crippen molar-refractivity contribution >= 4 is 0 Å². The minimum Gasteiger partial charge on any atom is -0.309 e. The molecule has 0 saturated heterocycles. The van der Waals surface area contributed by atoms with Gasteiger partial charge in [0, 0.05) is 25.5 Å². The van der Waals surface area contributed by atoms with E-state index >= 15 is 0 Å². The lowest BCUT2D eigenvalue weighted by Gasteiger charge is -1.99. The average molecular weight is 178 g/mol. The van der Waals surface area contributed by atoms with Crippen LogP contribution < -0.4 is 5.32 Å². The predicted molar refractivity (Wildman–Crippen MR) is 57.5 cm³/mol. The second-order valence-corrected chi connectivity index (χ2v) is 2.28. The van der Waals surface area contributed by atoms with Crippen LogP contribution in [0.3, 0.4) is 0 Å². The van der Waals surface area contributed by atoms with E-state index in [0.29, 0.717) is 0 Å². The Kier molecular flexibility index (Phi) is 8.15. The van der Waals surface area contributed by atoms with Crippen LogP contribution in [0.25, 0.3) is 0 Å². The van der Waals surface area contributed by atoms with Crippen LogP contribution in [0, 0.1) is 0 Å². The molecule has 0 spiro atoms. The van der Waals surface area contributed by atoms with Crippen LogP contribution in [0.15, 0.2) is 37.2 Å². The topological polar surface area (TPSA) is 24.9 Å². The van der Waals surface area contributed by atoms with Crippen molar-refractivity contribution in [2.24, 2.45) is 0 Å². The van der Waals surface area contributed by atoms with Crippen molar-refractivity contribution in [1.82, 2.24) is 10.3 Å². The van der Waals surface area contributed by atoms with E-state index in [-0.39, 0.29) is 0 Å². The van der Waals surface area contributed by atoms with E-state index in [1.54, 1.807) is 12.4 Å². The zero-order valence-electron chi connectivity index (χ0n) is 8.46. The van der Waals surface area contributed by atoms with Crippen LogP contribution in [0.5, 0.6) is 0 Å². The van der Waals surface area contributed by atoms with E-state index in [1.165, 1.54) is 5.56 Å². The molecule has 0 aromatic carbocycles. The molecular formula is C11H18N2. The molecule has 0 unspecified atom stereocenters. The molecule has 1 aromatic rings. The van der Waals surface area contributed by atoms with E-state index < -0.39 is 0 Å². The van der Waals surface area contributed by atoms with Crippen molar-refractivity contribution in [2.75, 3.05) is 6.54 Å². The maximum absolute atomic E-state index is 3.93. The van der Waals surface area contributed by atoms with Gasteiger partial charge in [0.15, 0.2) is 0 Å². The molecular weight excluding hydrogens is 160 g/mol. The molecule has 0 radical (unpaired) electrons. The summed E-state index contributed by atoms with van der Waals surface area (Å²) in [6, 6.07) is 3.99. The van der Waals surface area contributed by atoms with Gasteiger partial charge in [-0.3, -0.25) is 4.98 Å². The number of hydrogen-bond acceptors (Lipinski definition) is 2. The number of hydrogen-bond donors (Lipinski definition) is 1. The number of rotatable bonds is 4. The van der Waals surface area contributed by atoms with Gasteiger partial charge in [-0.25, -0.2) is 0 Å². The molecule has 1 aromatic heterocycles. The lowest BCUT2D eigenvalue weighted by Crippen LogP contribution is -2.12. The number of pyridine rings is 1. The summed E-state index contributed by atoms with van der Waals surface area (Å²) in [6.45, 7) is 9.35. The highest BCUT2D eigenvalue weighted by Crippen LogP contribution is 1.93. The van der Waals surface area contributed by atoms with E-state index in [1.807, 2.05) is 32.1 Å². The SMILES string of the molecule is C=CCNCc1ccncc1.CC. The third-order valence-corrected chi connectivity index (χ3v) is 1.37. The molecule has 0 aliphatic carbocycles. The summed E-state index contributed by atoms with van der Waals surface area (Å²) < 4.78 is 0. The number of aromatic nitrogens is 1. The zero-order chi connectivity index (χ0) is 9.94. The summed E-state index contributed by atoms with van der Waals surface area (Å²) in [6.07, 6.45) is 5.44. The maximum atomic E-state index is 3.93. The Balaban J connectivity index is 0.000000671. The normalized spacial score (nSPS) is 8.46. The minimum absolute atomic E-state index is 0.850. The van der Waals surface area contributed by atoms with Crippen LogP contribution in [0.4, 0.5) is 0 Å². The van der Waals surface area contributed by atoms with Gasteiger partial charge in [0.1, 0.15) is 0 Å². The monoisotopic (exact) mass is 178 g/mol. The van der Waals surface area contributed by atoms with Crippen LogP contribution in [-0.4, -0.2) is 11.5 Å². The molecule has 1 rings (SSSR count). The fourth-order valence-corrected chi connectivity index (χ4v) is 0.819. The van der Waals surface area contributed by atoms with E-state index in [9.17, 15) is 0 Å². The molecule has 0 atom stereocenters. The Bertz CT molecular complexity index is 207. The molecule has 0 bridgehead atoms. The maximum Gasteiger partial charge on any atom is 0.0271 e. The first kappa shape index (κ1) is 11.8. The summed E-state index contributed by atoms with van der Waals surface area (Å²) in [5.74, 6) is 0. The molecule has 0 fully saturated rings. The number of nitrogens with zero attached hydrogens (tertiary/aromatic N) is 1. The van der Waals surface area contributed by atoms with Crippen molar-refractivity contribution in [2.45, 2.75) is 20.4 Å². The number of nitrogens with one attached hydrogen (secondary N) is 1. The van der Waals surface area contributed by atoms with Gasteiger partial charge in [-0.05, 0) is 17.7 Å². The van der Waals surface area contributed by atoms with Gasteiger partial charge >= 0.3 is 0 Å². The first-order valence-electron chi connectivity index (χ1n) is 4.64. The standard InChI is InChI=1S/C9H12N2.C2H6/c1-2-5-11-8-9-3-6-10-7-4-9;1-2/h2-4,6-7,11H,1,5,8H2;1-2H3. The van der Waals surface area contributed by atoms with Crippen molar-refractivity contribution in [3.63, 3.8) is 0 Å². The Morgan fingerprint density at radius 3 is 2.54 bits per heavy atom. The molecule has 0 saturated carbocycles. The van der Waals surface area contributed by atoms with Gasteiger partial charge in [-0.15, -0.1) is 6.58 Å². The molecule has 2 heteroatoms. The Hall–Kier alpha value is -1.15. The summed E-state index contributed by atoms with van der Waals surface area (Å²) in [5.41, 5.74) is 1.25. The van der Waals surface area contributed by atoms with E-state index in [0.717, 1.165) is 13.1 Å².